The number of nitrogens with zero attached hydrogens (tertiary/aromatic N) is 3. The molecule has 0 aromatic carbocycles. The van der Waals surface area contributed by atoms with E-state index in [0.717, 1.165) is 42.1 Å². The Labute approximate surface area is 126 Å². The first kappa shape index (κ1) is 16.4. The van der Waals surface area contributed by atoms with Crippen LogP contribution >= 0.6 is 15.9 Å². The molecular weight excluding hydrogens is 302 g/mol. The van der Waals surface area contributed by atoms with Crippen LogP contribution in [0, 0.1) is 5.92 Å². The Balaban J connectivity index is 3.11. The van der Waals surface area contributed by atoms with E-state index in [1.165, 1.54) is 0 Å². The minimum Gasteiger partial charge on any atom is -0.353 e. The maximum atomic E-state index is 4.71. The summed E-state index contributed by atoms with van der Waals surface area (Å²) >= 11 is 3.50. The van der Waals surface area contributed by atoms with Gasteiger partial charge in [0.1, 0.15) is 16.2 Å². The summed E-state index contributed by atoms with van der Waals surface area (Å²) < 4.78 is 0.883. The number of hydrogen-bond acceptors (Lipinski definition) is 3. The topological polar surface area (TPSA) is 29.0 Å². The molecule has 0 saturated heterocycles. The van der Waals surface area contributed by atoms with Crippen molar-refractivity contribution < 1.29 is 0 Å². The minimum atomic E-state index is 0.550. The molecule has 0 saturated carbocycles. The van der Waals surface area contributed by atoms with Gasteiger partial charge in [0.15, 0.2) is 0 Å². The van der Waals surface area contributed by atoms with E-state index in [1.54, 1.807) is 0 Å². The first-order valence-electron chi connectivity index (χ1n) is 7.31. The van der Waals surface area contributed by atoms with Gasteiger partial charge in [-0.15, -0.1) is 0 Å². The predicted octanol–water partition coefficient (Wildman–Crippen LogP) is 4.45. The van der Waals surface area contributed by atoms with Crippen LogP contribution in [0.2, 0.25) is 0 Å². The van der Waals surface area contributed by atoms with Gasteiger partial charge in [-0.1, -0.05) is 34.6 Å². The highest BCUT2D eigenvalue weighted by Gasteiger charge is 2.19. The van der Waals surface area contributed by atoms with Gasteiger partial charge in [-0.25, -0.2) is 9.97 Å². The summed E-state index contributed by atoms with van der Waals surface area (Å²) in [6, 6.07) is 2.59. The van der Waals surface area contributed by atoms with Gasteiger partial charge in [-0.3, -0.25) is 0 Å². The van der Waals surface area contributed by atoms with Crippen LogP contribution in [0.4, 0.5) is 5.82 Å². The van der Waals surface area contributed by atoms with Crippen molar-refractivity contribution in [3.8, 4) is 0 Å². The molecule has 108 valence electrons. The average Bonchev–Trinajstić information content (AvgIpc) is 2.37. The van der Waals surface area contributed by atoms with Crippen molar-refractivity contribution >= 4 is 21.7 Å². The maximum Gasteiger partial charge on any atom is 0.133 e. The van der Waals surface area contributed by atoms with Crippen LogP contribution in [0.25, 0.3) is 0 Å². The normalized spacial score (nSPS) is 11.4. The van der Waals surface area contributed by atoms with Gasteiger partial charge in [0.2, 0.25) is 0 Å². The molecule has 19 heavy (non-hydrogen) atoms. The Morgan fingerprint density at radius 1 is 1.16 bits per heavy atom. The van der Waals surface area contributed by atoms with E-state index in [0.29, 0.717) is 12.0 Å². The number of rotatable bonds is 7. The van der Waals surface area contributed by atoms with E-state index in [9.17, 15) is 0 Å². The van der Waals surface area contributed by atoms with E-state index < -0.39 is 0 Å². The van der Waals surface area contributed by atoms with Crippen molar-refractivity contribution in [1.29, 1.82) is 0 Å². The Morgan fingerprint density at radius 3 is 2.26 bits per heavy atom. The third kappa shape index (κ3) is 4.75. The third-order valence-corrected chi connectivity index (χ3v) is 3.69. The smallest absolute Gasteiger partial charge is 0.133 e. The van der Waals surface area contributed by atoms with Crippen molar-refractivity contribution in [2.45, 2.75) is 59.9 Å². The standard InChI is InChI=1S/C15H26BrN3/c1-6-12(7-2)19(10-11(4)5)15-9-13(16)17-14(8-3)18-15/h9,11-12H,6-8,10H2,1-5H3. The lowest BCUT2D eigenvalue weighted by Gasteiger charge is -2.33. The van der Waals surface area contributed by atoms with Gasteiger partial charge < -0.3 is 4.90 Å². The molecule has 0 N–H and O–H groups in total. The molecule has 0 atom stereocenters. The maximum absolute atomic E-state index is 4.71. The lowest BCUT2D eigenvalue weighted by Crippen LogP contribution is -2.38. The summed E-state index contributed by atoms with van der Waals surface area (Å²) in [7, 11) is 0. The molecule has 0 bridgehead atoms. The van der Waals surface area contributed by atoms with Crippen molar-refractivity contribution in [2.24, 2.45) is 5.92 Å². The highest BCUT2D eigenvalue weighted by molar-refractivity contribution is 9.10. The molecule has 1 aromatic rings. The molecule has 3 nitrogen and oxygen atoms in total. The lowest BCUT2D eigenvalue weighted by atomic mass is 10.1. The monoisotopic (exact) mass is 327 g/mol. The van der Waals surface area contributed by atoms with Crippen molar-refractivity contribution in [1.82, 2.24) is 9.97 Å². The molecule has 0 fully saturated rings. The molecule has 0 aliphatic carbocycles. The van der Waals surface area contributed by atoms with Gasteiger partial charge in [-0.05, 0) is 34.7 Å². The highest BCUT2D eigenvalue weighted by atomic mass is 79.9. The third-order valence-electron chi connectivity index (χ3n) is 3.28. The van der Waals surface area contributed by atoms with E-state index in [1.807, 2.05) is 6.07 Å². The SMILES string of the molecule is CCc1nc(Br)cc(N(CC(C)C)C(CC)CC)n1. The van der Waals surface area contributed by atoms with E-state index in [4.69, 9.17) is 4.98 Å². The van der Waals surface area contributed by atoms with E-state index in [2.05, 4.69) is 60.4 Å². The number of aromatic nitrogens is 2. The summed E-state index contributed by atoms with van der Waals surface area (Å²) in [6.45, 7) is 12.1. The van der Waals surface area contributed by atoms with Crippen LogP contribution in [0.5, 0.6) is 0 Å². The summed E-state index contributed by atoms with van der Waals surface area (Å²) in [5.41, 5.74) is 0. The fraction of sp³-hybridized carbons (Fsp3) is 0.733. The second-order valence-corrected chi connectivity index (χ2v) is 6.15. The minimum absolute atomic E-state index is 0.550. The summed E-state index contributed by atoms with van der Waals surface area (Å²) in [4.78, 5) is 11.6. The summed E-state index contributed by atoms with van der Waals surface area (Å²) in [6.07, 6.45) is 3.16. The molecule has 0 spiro atoms. The van der Waals surface area contributed by atoms with Crippen molar-refractivity contribution in [3.63, 3.8) is 0 Å². The van der Waals surface area contributed by atoms with Gasteiger partial charge >= 0.3 is 0 Å². The first-order chi connectivity index (χ1) is 9.01. The first-order valence-corrected chi connectivity index (χ1v) is 8.11. The largest absolute Gasteiger partial charge is 0.353 e. The molecular formula is C15H26BrN3. The second-order valence-electron chi connectivity index (χ2n) is 5.34. The van der Waals surface area contributed by atoms with E-state index >= 15 is 0 Å². The number of hydrogen-bond donors (Lipinski definition) is 0. The molecule has 0 amide bonds. The fourth-order valence-electron chi connectivity index (χ4n) is 2.31. The van der Waals surface area contributed by atoms with E-state index in [-0.39, 0.29) is 0 Å². The molecule has 1 heterocycles. The van der Waals surface area contributed by atoms with Gasteiger partial charge in [-0.2, -0.15) is 0 Å². The Kier molecular flexibility index (Phi) is 6.76. The van der Waals surface area contributed by atoms with Crippen molar-refractivity contribution in [2.75, 3.05) is 11.4 Å². The fourth-order valence-corrected chi connectivity index (χ4v) is 2.72. The van der Waals surface area contributed by atoms with Crippen LogP contribution in [-0.2, 0) is 6.42 Å². The highest BCUT2D eigenvalue weighted by Crippen LogP contribution is 2.23. The summed E-state index contributed by atoms with van der Waals surface area (Å²) in [5, 5.41) is 0. The van der Waals surface area contributed by atoms with Gasteiger partial charge in [0, 0.05) is 25.1 Å². The number of halogens is 1. The van der Waals surface area contributed by atoms with Crippen LogP contribution in [-0.4, -0.2) is 22.6 Å². The van der Waals surface area contributed by atoms with Crippen LogP contribution < -0.4 is 4.90 Å². The molecule has 0 aliphatic rings. The quantitative estimate of drug-likeness (QED) is 0.692. The molecule has 0 radical (unpaired) electrons. The van der Waals surface area contributed by atoms with Crippen LogP contribution in [0.1, 0.15) is 53.3 Å². The van der Waals surface area contributed by atoms with Gasteiger partial charge in [0.05, 0.1) is 0 Å². The zero-order chi connectivity index (χ0) is 14.4. The van der Waals surface area contributed by atoms with Crippen LogP contribution in [0.3, 0.4) is 0 Å². The average molecular weight is 328 g/mol. The zero-order valence-electron chi connectivity index (χ0n) is 12.8. The zero-order valence-corrected chi connectivity index (χ0v) is 14.4. The molecule has 1 aromatic heterocycles. The Bertz CT molecular complexity index is 389. The lowest BCUT2D eigenvalue weighted by molar-refractivity contribution is 0.502. The molecule has 0 aliphatic heterocycles. The summed E-state index contributed by atoms with van der Waals surface area (Å²) in [5.74, 6) is 2.59. The second kappa shape index (κ2) is 7.83. The van der Waals surface area contributed by atoms with Gasteiger partial charge in [0.25, 0.3) is 0 Å². The molecule has 1 rings (SSSR count). The van der Waals surface area contributed by atoms with Crippen LogP contribution in [0.15, 0.2) is 10.7 Å². The molecule has 4 heteroatoms. The Hall–Kier alpha value is -0.640. The Morgan fingerprint density at radius 2 is 1.79 bits per heavy atom. The number of anilines is 1. The molecule has 0 unspecified atom stereocenters. The number of aryl methyl sites for hydroxylation is 1. The van der Waals surface area contributed by atoms with Crippen molar-refractivity contribution in [3.05, 3.63) is 16.5 Å². The predicted molar refractivity (Wildman–Crippen MR) is 85.7 cm³/mol.